The first kappa shape index (κ1) is 23.7. The second-order valence-corrected chi connectivity index (χ2v) is 11.3. The SMILES string of the molecule is C[C@@H]1CCCC[C@]12NC(=O)N(CC(=O)NCc1ccc(S(=O)(=O)N3CCCCC3)cc1)C2=O. The number of hydrogen-bond donors (Lipinski definition) is 2. The van der Waals surface area contributed by atoms with Crippen LogP contribution in [0.4, 0.5) is 4.79 Å². The number of urea groups is 1. The van der Waals surface area contributed by atoms with Crippen LogP contribution in [0.2, 0.25) is 0 Å². The number of benzene rings is 1. The van der Waals surface area contributed by atoms with Gasteiger partial charge in [0.2, 0.25) is 15.9 Å². The number of nitrogens with one attached hydrogen (secondary N) is 2. The summed E-state index contributed by atoms with van der Waals surface area (Å²) < 4.78 is 27.0. The van der Waals surface area contributed by atoms with Gasteiger partial charge in [-0.2, -0.15) is 4.31 Å². The molecule has 2 N–H and O–H groups in total. The summed E-state index contributed by atoms with van der Waals surface area (Å²) in [5.41, 5.74) is -0.152. The van der Waals surface area contributed by atoms with Crippen molar-refractivity contribution in [1.29, 1.82) is 0 Å². The highest BCUT2D eigenvalue weighted by Gasteiger charge is 2.55. The number of piperidine rings is 1. The van der Waals surface area contributed by atoms with Gasteiger partial charge in [-0.25, -0.2) is 13.2 Å². The van der Waals surface area contributed by atoms with Crippen LogP contribution in [0.15, 0.2) is 29.2 Å². The highest BCUT2D eigenvalue weighted by atomic mass is 32.2. The lowest BCUT2D eigenvalue weighted by molar-refractivity contribution is -0.137. The number of sulfonamides is 1. The number of carbonyl (C=O) groups is 3. The highest BCUT2D eigenvalue weighted by Crippen LogP contribution is 2.38. The van der Waals surface area contributed by atoms with Crippen LogP contribution in [0, 0.1) is 5.92 Å². The molecule has 4 rings (SSSR count). The first-order chi connectivity index (χ1) is 15.7. The van der Waals surface area contributed by atoms with E-state index >= 15 is 0 Å². The Morgan fingerprint density at radius 2 is 1.79 bits per heavy atom. The maximum Gasteiger partial charge on any atom is 0.325 e. The Hall–Kier alpha value is -2.46. The molecule has 3 aliphatic rings. The topological polar surface area (TPSA) is 116 Å². The second-order valence-electron chi connectivity index (χ2n) is 9.33. The molecule has 1 aromatic rings. The summed E-state index contributed by atoms with van der Waals surface area (Å²) in [7, 11) is -3.50. The van der Waals surface area contributed by atoms with E-state index in [2.05, 4.69) is 10.6 Å². The molecular formula is C23H32N4O5S. The summed E-state index contributed by atoms with van der Waals surface area (Å²) in [6.07, 6.45) is 6.18. The monoisotopic (exact) mass is 476 g/mol. The fourth-order valence-corrected chi connectivity index (χ4v) is 6.59. The quantitative estimate of drug-likeness (QED) is 0.609. The Bertz CT molecular complexity index is 1020. The molecular weight excluding hydrogens is 444 g/mol. The zero-order valence-corrected chi connectivity index (χ0v) is 19.8. The van der Waals surface area contributed by atoms with E-state index in [0.29, 0.717) is 19.5 Å². The van der Waals surface area contributed by atoms with Crippen LogP contribution < -0.4 is 10.6 Å². The van der Waals surface area contributed by atoms with Crippen LogP contribution in [0.1, 0.15) is 57.4 Å². The lowest BCUT2D eigenvalue weighted by Gasteiger charge is -2.36. The van der Waals surface area contributed by atoms with Gasteiger partial charge in [-0.05, 0) is 49.3 Å². The van der Waals surface area contributed by atoms with Gasteiger partial charge in [0.25, 0.3) is 5.91 Å². The molecule has 180 valence electrons. The van der Waals surface area contributed by atoms with Gasteiger partial charge < -0.3 is 10.6 Å². The molecule has 1 aliphatic carbocycles. The van der Waals surface area contributed by atoms with E-state index in [1.54, 1.807) is 24.3 Å². The highest BCUT2D eigenvalue weighted by molar-refractivity contribution is 7.89. The third-order valence-corrected chi connectivity index (χ3v) is 9.08. The van der Waals surface area contributed by atoms with Crippen molar-refractivity contribution in [3.05, 3.63) is 29.8 Å². The molecule has 2 atom stereocenters. The Morgan fingerprint density at radius 1 is 1.09 bits per heavy atom. The molecule has 0 radical (unpaired) electrons. The maximum absolute atomic E-state index is 13.0. The fraction of sp³-hybridized carbons (Fsp3) is 0.609. The molecule has 0 unspecified atom stereocenters. The Balaban J connectivity index is 1.33. The number of nitrogens with zero attached hydrogens (tertiary/aromatic N) is 2. The Labute approximate surface area is 194 Å². The molecule has 1 aromatic carbocycles. The lowest BCUT2D eigenvalue weighted by Crippen LogP contribution is -2.54. The molecule has 33 heavy (non-hydrogen) atoms. The van der Waals surface area contributed by atoms with Crippen molar-refractivity contribution in [3.8, 4) is 0 Å². The average molecular weight is 477 g/mol. The molecule has 0 bridgehead atoms. The molecule has 1 spiro atoms. The van der Waals surface area contributed by atoms with Crippen molar-refractivity contribution in [1.82, 2.24) is 19.8 Å². The fourth-order valence-electron chi connectivity index (χ4n) is 5.07. The summed E-state index contributed by atoms with van der Waals surface area (Å²) in [6.45, 7) is 2.90. The summed E-state index contributed by atoms with van der Waals surface area (Å²) >= 11 is 0. The molecule has 2 heterocycles. The van der Waals surface area contributed by atoms with E-state index in [1.165, 1.54) is 4.31 Å². The van der Waals surface area contributed by atoms with Gasteiger partial charge in [0.15, 0.2) is 0 Å². The van der Waals surface area contributed by atoms with Gasteiger partial charge >= 0.3 is 6.03 Å². The molecule has 2 aliphatic heterocycles. The van der Waals surface area contributed by atoms with E-state index in [4.69, 9.17) is 0 Å². The van der Waals surface area contributed by atoms with Gasteiger partial charge in [0.1, 0.15) is 12.1 Å². The predicted molar refractivity (Wildman–Crippen MR) is 122 cm³/mol. The number of imide groups is 1. The van der Waals surface area contributed by atoms with Crippen LogP contribution in [-0.2, 0) is 26.2 Å². The molecule has 0 aromatic heterocycles. The smallest absolute Gasteiger partial charge is 0.325 e. The van der Waals surface area contributed by atoms with Gasteiger partial charge in [0.05, 0.1) is 4.90 Å². The van der Waals surface area contributed by atoms with E-state index in [9.17, 15) is 22.8 Å². The van der Waals surface area contributed by atoms with Crippen molar-refractivity contribution in [2.45, 2.75) is 68.8 Å². The maximum atomic E-state index is 13.0. The van der Waals surface area contributed by atoms with E-state index in [0.717, 1.165) is 49.0 Å². The molecule has 4 amide bonds. The molecule has 10 heteroatoms. The largest absolute Gasteiger partial charge is 0.350 e. The van der Waals surface area contributed by atoms with Crippen molar-refractivity contribution < 1.29 is 22.8 Å². The van der Waals surface area contributed by atoms with Crippen LogP contribution in [0.3, 0.4) is 0 Å². The minimum atomic E-state index is -3.50. The van der Waals surface area contributed by atoms with Gasteiger partial charge in [-0.15, -0.1) is 0 Å². The Morgan fingerprint density at radius 3 is 2.45 bits per heavy atom. The van der Waals surface area contributed by atoms with Gasteiger partial charge in [-0.3, -0.25) is 14.5 Å². The standard InChI is InChI=1S/C23H32N4O5S/c1-17-7-3-4-12-23(17)21(29)27(22(30)25-23)16-20(28)24-15-18-8-10-19(11-9-18)33(31,32)26-13-5-2-6-14-26/h8-11,17H,2-7,12-16H2,1H3,(H,24,28)(H,25,30)/t17-,23+/m1/s1. The van der Waals surface area contributed by atoms with Crippen LogP contribution in [0.25, 0.3) is 0 Å². The van der Waals surface area contributed by atoms with Crippen molar-refractivity contribution in [3.63, 3.8) is 0 Å². The van der Waals surface area contributed by atoms with E-state index in [1.807, 2.05) is 6.92 Å². The van der Waals surface area contributed by atoms with Crippen LogP contribution in [0.5, 0.6) is 0 Å². The molecule has 2 saturated heterocycles. The zero-order valence-electron chi connectivity index (χ0n) is 19.0. The molecule has 1 saturated carbocycles. The Kier molecular flexibility index (Phi) is 6.76. The van der Waals surface area contributed by atoms with Crippen LogP contribution >= 0.6 is 0 Å². The zero-order chi connectivity index (χ0) is 23.6. The van der Waals surface area contributed by atoms with Crippen LogP contribution in [-0.4, -0.2) is 60.6 Å². The van der Waals surface area contributed by atoms with E-state index < -0.39 is 27.5 Å². The van der Waals surface area contributed by atoms with E-state index in [-0.39, 0.29) is 29.8 Å². The number of hydrogen-bond acceptors (Lipinski definition) is 5. The van der Waals surface area contributed by atoms with Gasteiger partial charge in [0, 0.05) is 19.6 Å². The van der Waals surface area contributed by atoms with Crippen molar-refractivity contribution >= 4 is 27.9 Å². The predicted octanol–water partition coefficient (Wildman–Crippen LogP) is 1.98. The number of rotatable bonds is 6. The number of amides is 4. The third-order valence-electron chi connectivity index (χ3n) is 7.17. The summed E-state index contributed by atoms with van der Waals surface area (Å²) in [6, 6.07) is 5.93. The first-order valence-corrected chi connectivity index (χ1v) is 13.2. The summed E-state index contributed by atoms with van der Waals surface area (Å²) in [5, 5.41) is 5.56. The second kappa shape index (κ2) is 9.42. The molecule has 3 fully saturated rings. The lowest BCUT2D eigenvalue weighted by atomic mass is 9.73. The molecule has 9 nitrogen and oxygen atoms in total. The third kappa shape index (κ3) is 4.63. The normalized spacial score (nSPS) is 26.5. The summed E-state index contributed by atoms with van der Waals surface area (Å²) in [5.74, 6) is -0.721. The summed E-state index contributed by atoms with van der Waals surface area (Å²) in [4.78, 5) is 39.1. The van der Waals surface area contributed by atoms with Gasteiger partial charge in [-0.1, -0.05) is 38.3 Å². The first-order valence-electron chi connectivity index (χ1n) is 11.7. The van der Waals surface area contributed by atoms with Crippen molar-refractivity contribution in [2.75, 3.05) is 19.6 Å². The average Bonchev–Trinajstić information content (AvgIpc) is 3.05. The minimum Gasteiger partial charge on any atom is -0.350 e. The number of carbonyl (C=O) groups excluding carboxylic acids is 3. The minimum absolute atomic E-state index is 0.0375. The van der Waals surface area contributed by atoms with Crippen molar-refractivity contribution in [2.24, 2.45) is 5.92 Å².